The van der Waals surface area contributed by atoms with Crippen LogP contribution in [0.3, 0.4) is 0 Å². The monoisotopic (exact) mass is 499 g/mol. The van der Waals surface area contributed by atoms with Crippen LogP contribution in [0.2, 0.25) is 0 Å². The summed E-state index contributed by atoms with van der Waals surface area (Å²) in [6, 6.07) is 7.84. The third-order valence-corrected chi connectivity index (χ3v) is 6.93. The van der Waals surface area contributed by atoms with Gasteiger partial charge in [0.1, 0.15) is 16.5 Å². The van der Waals surface area contributed by atoms with Gasteiger partial charge in [0.05, 0.1) is 11.5 Å². The fraction of sp³-hybridized carbons (Fsp3) is 0.261. The van der Waals surface area contributed by atoms with Crippen LogP contribution in [0, 0.1) is 12.7 Å². The fourth-order valence-electron chi connectivity index (χ4n) is 3.43. The Kier molecular flexibility index (Phi) is 7.53. The number of aryl methyl sites for hydroxylation is 1. The molecule has 0 spiro atoms. The minimum atomic E-state index is -0.435. The van der Waals surface area contributed by atoms with E-state index >= 15 is 0 Å². The summed E-state index contributed by atoms with van der Waals surface area (Å²) in [6.45, 7) is 2.63. The molecule has 1 N–H and O–H groups in total. The summed E-state index contributed by atoms with van der Waals surface area (Å²) in [5, 5.41) is 7.86. The Morgan fingerprint density at radius 1 is 1.18 bits per heavy atom. The van der Waals surface area contributed by atoms with E-state index in [1.54, 1.807) is 36.8 Å². The molecule has 1 aromatic carbocycles. The standard InChI is InChI=1S/C23H22FN5O3S2/c1-15-5-6-17(24)10-18(15)26-20(30)13-33-14-21(31)28-8-3-9-29(28)23(32)19-12-34-22(27-19)16-4-2-7-25-11-16/h2,4-7,10-12H,3,8-9,13-14H2,1H3,(H,26,30). The number of carbonyl (C=O) groups is 3. The summed E-state index contributed by atoms with van der Waals surface area (Å²) >= 11 is 2.49. The normalized spacial score (nSPS) is 13.2. The van der Waals surface area contributed by atoms with Crippen LogP contribution >= 0.6 is 23.1 Å². The van der Waals surface area contributed by atoms with Crippen LogP contribution in [0.5, 0.6) is 0 Å². The summed E-state index contributed by atoms with van der Waals surface area (Å²) in [5.41, 5.74) is 2.25. The molecule has 0 saturated carbocycles. The minimum Gasteiger partial charge on any atom is -0.325 e. The lowest BCUT2D eigenvalue weighted by atomic mass is 10.2. The number of thioether (sulfide) groups is 1. The van der Waals surface area contributed by atoms with E-state index in [9.17, 15) is 18.8 Å². The van der Waals surface area contributed by atoms with Gasteiger partial charge < -0.3 is 5.32 Å². The third-order valence-electron chi connectivity index (χ3n) is 5.12. The highest BCUT2D eigenvalue weighted by Gasteiger charge is 2.32. The zero-order valence-electron chi connectivity index (χ0n) is 18.4. The van der Waals surface area contributed by atoms with Gasteiger partial charge in [0.2, 0.25) is 5.91 Å². The fourth-order valence-corrected chi connectivity index (χ4v) is 4.90. The van der Waals surface area contributed by atoms with E-state index in [0.29, 0.717) is 30.2 Å². The molecule has 0 aliphatic carbocycles. The molecule has 1 fully saturated rings. The Balaban J connectivity index is 1.31. The number of pyridine rings is 1. The Bertz CT molecular complexity index is 1200. The third kappa shape index (κ3) is 5.60. The van der Waals surface area contributed by atoms with Crippen molar-refractivity contribution in [3.8, 4) is 10.6 Å². The van der Waals surface area contributed by atoms with E-state index in [4.69, 9.17) is 0 Å². The first-order valence-corrected chi connectivity index (χ1v) is 12.6. The van der Waals surface area contributed by atoms with Crippen molar-refractivity contribution in [2.24, 2.45) is 0 Å². The molecule has 0 bridgehead atoms. The van der Waals surface area contributed by atoms with E-state index in [0.717, 1.165) is 22.9 Å². The quantitative estimate of drug-likeness (QED) is 0.534. The largest absolute Gasteiger partial charge is 0.325 e. The Morgan fingerprint density at radius 2 is 2.00 bits per heavy atom. The number of anilines is 1. The first-order chi connectivity index (χ1) is 16.4. The van der Waals surface area contributed by atoms with Gasteiger partial charge in [-0.05, 0) is 43.2 Å². The Hall–Kier alpha value is -3.31. The summed E-state index contributed by atoms with van der Waals surface area (Å²) in [5.74, 6) is -1.28. The molecule has 0 radical (unpaired) electrons. The Morgan fingerprint density at radius 3 is 2.79 bits per heavy atom. The molecule has 1 aliphatic heterocycles. The number of nitrogens with one attached hydrogen (secondary N) is 1. The average molecular weight is 500 g/mol. The smallest absolute Gasteiger partial charge is 0.291 e. The molecule has 4 rings (SSSR count). The molecule has 2 aromatic heterocycles. The van der Waals surface area contributed by atoms with Gasteiger partial charge in [-0.1, -0.05) is 6.07 Å². The molecule has 11 heteroatoms. The van der Waals surface area contributed by atoms with Crippen LogP contribution in [-0.4, -0.2) is 62.3 Å². The van der Waals surface area contributed by atoms with Crippen LogP contribution < -0.4 is 5.32 Å². The number of hydrogen-bond donors (Lipinski definition) is 1. The van der Waals surface area contributed by atoms with Gasteiger partial charge in [0.25, 0.3) is 11.8 Å². The molecule has 0 atom stereocenters. The highest BCUT2D eigenvalue weighted by atomic mass is 32.2. The van der Waals surface area contributed by atoms with Gasteiger partial charge in [-0.15, -0.1) is 23.1 Å². The van der Waals surface area contributed by atoms with Gasteiger partial charge in [0, 0.05) is 42.1 Å². The average Bonchev–Trinajstić information content (AvgIpc) is 3.52. The van der Waals surface area contributed by atoms with Crippen molar-refractivity contribution in [2.75, 3.05) is 29.9 Å². The van der Waals surface area contributed by atoms with Gasteiger partial charge >= 0.3 is 0 Å². The van der Waals surface area contributed by atoms with Crippen molar-refractivity contribution in [2.45, 2.75) is 13.3 Å². The number of hydrazine groups is 1. The first kappa shape index (κ1) is 23.8. The predicted molar refractivity (Wildman–Crippen MR) is 130 cm³/mol. The maximum atomic E-state index is 13.4. The number of thiazole rings is 1. The van der Waals surface area contributed by atoms with Crippen molar-refractivity contribution in [3.05, 3.63) is 65.2 Å². The molecule has 34 heavy (non-hydrogen) atoms. The number of hydrogen-bond acceptors (Lipinski definition) is 7. The molecule has 8 nitrogen and oxygen atoms in total. The van der Waals surface area contributed by atoms with Crippen LogP contribution in [-0.2, 0) is 9.59 Å². The molecule has 3 heterocycles. The minimum absolute atomic E-state index is 0.0318. The molecule has 3 amide bonds. The number of carbonyl (C=O) groups excluding carboxylic acids is 3. The molecular formula is C23H22FN5O3S2. The van der Waals surface area contributed by atoms with Gasteiger partial charge in [-0.25, -0.2) is 14.4 Å². The highest BCUT2D eigenvalue weighted by Crippen LogP contribution is 2.25. The van der Waals surface area contributed by atoms with Crippen LogP contribution in [0.25, 0.3) is 10.6 Å². The second-order valence-electron chi connectivity index (χ2n) is 7.58. The number of halogens is 1. The molecule has 1 aliphatic rings. The molecule has 176 valence electrons. The number of rotatable bonds is 7. The molecule has 0 unspecified atom stereocenters. The van der Waals surface area contributed by atoms with Crippen LogP contribution in [0.15, 0.2) is 48.1 Å². The zero-order chi connectivity index (χ0) is 24.1. The summed E-state index contributed by atoms with van der Waals surface area (Å²) in [7, 11) is 0. The van der Waals surface area contributed by atoms with Crippen molar-refractivity contribution < 1.29 is 18.8 Å². The van der Waals surface area contributed by atoms with E-state index < -0.39 is 5.82 Å². The number of amides is 3. The molecular weight excluding hydrogens is 477 g/mol. The topological polar surface area (TPSA) is 95.5 Å². The van der Waals surface area contributed by atoms with Gasteiger partial charge in [0.15, 0.2) is 0 Å². The SMILES string of the molecule is Cc1ccc(F)cc1NC(=O)CSCC(=O)N1CCCN1C(=O)c1csc(-c2cccnc2)n1. The second-order valence-corrected chi connectivity index (χ2v) is 9.42. The lowest BCUT2D eigenvalue weighted by molar-refractivity contribution is -0.137. The van der Waals surface area contributed by atoms with Crippen molar-refractivity contribution in [3.63, 3.8) is 0 Å². The van der Waals surface area contributed by atoms with Crippen LogP contribution in [0.1, 0.15) is 22.5 Å². The first-order valence-electron chi connectivity index (χ1n) is 10.5. The summed E-state index contributed by atoms with van der Waals surface area (Å²) < 4.78 is 13.4. The maximum Gasteiger partial charge on any atom is 0.291 e. The number of aromatic nitrogens is 2. The van der Waals surface area contributed by atoms with Gasteiger partial charge in [-0.3, -0.25) is 24.4 Å². The zero-order valence-corrected chi connectivity index (χ0v) is 20.0. The predicted octanol–water partition coefficient (Wildman–Crippen LogP) is 3.61. The number of nitrogens with zero attached hydrogens (tertiary/aromatic N) is 4. The lowest BCUT2D eigenvalue weighted by Gasteiger charge is -2.27. The van der Waals surface area contributed by atoms with E-state index in [1.165, 1.54) is 33.5 Å². The maximum absolute atomic E-state index is 13.4. The summed E-state index contributed by atoms with van der Waals surface area (Å²) in [4.78, 5) is 46.5. The van der Waals surface area contributed by atoms with E-state index in [1.807, 2.05) is 6.07 Å². The van der Waals surface area contributed by atoms with Crippen molar-refractivity contribution in [1.82, 2.24) is 20.0 Å². The van der Waals surface area contributed by atoms with Crippen molar-refractivity contribution >= 4 is 46.5 Å². The molecule has 3 aromatic rings. The summed E-state index contributed by atoms with van der Waals surface area (Å²) in [6.07, 6.45) is 4.02. The second kappa shape index (κ2) is 10.7. The van der Waals surface area contributed by atoms with Gasteiger partial charge in [-0.2, -0.15) is 0 Å². The lowest BCUT2D eigenvalue weighted by Crippen LogP contribution is -2.45. The van der Waals surface area contributed by atoms with Crippen molar-refractivity contribution in [1.29, 1.82) is 0 Å². The van der Waals surface area contributed by atoms with E-state index in [2.05, 4.69) is 15.3 Å². The number of benzene rings is 1. The Labute approximate surface area is 204 Å². The highest BCUT2D eigenvalue weighted by molar-refractivity contribution is 8.00. The molecule has 1 saturated heterocycles. The van der Waals surface area contributed by atoms with E-state index in [-0.39, 0.29) is 34.9 Å². The van der Waals surface area contributed by atoms with Crippen LogP contribution in [0.4, 0.5) is 10.1 Å².